The van der Waals surface area contributed by atoms with Gasteiger partial charge in [0.15, 0.2) is 0 Å². The Kier molecular flexibility index (Phi) is 5.54. The number of carbonyl (C=O) groups is 1. The molecule has 0 atom stereocenters. The molecule has 0 aliphatic heterocycles. The first-order valence-electron chi connectivity index (χ1n) is 8.15. The summed E-state index contributed by atoms with van der Waals surface area (Å²) < 4.78 is 28.7. The van der Waals surface area contributed by atoms with E-state index in [0.29, 0.717) is 22.6 Å². The van der Waals surface area contributed by atoms with Gasteiger partial charge in [-0.2, -0.15) is 0 Å². The Morgan fingerprint density at radius 3 is 2.37 bits per heavy atom. The Hall–Kier alpha value is -3.16. The number of nitrogens with two attached hydrogens (primary N) is 1. The minimum Gasteiger partial charge on any atom is -0.457 e. The fourth-order valence-corrected chi connectivity index (χ4v) is 3.05. The molecule has 3 rings (SSSR count). The molecule has 0 aliphatic rings. The number of sulfonamides is 1. The lowest BCUT2D eigenvalue weighted by molar-refractivity contribution is 0.0948. The highest BCUT2D eigenvalue weighted by Crippen LogP contribution is 2.25. The predicted molar refractivity (Wildman–Crippen MR) is 102 cm³/mol. The van der Waals surface area contributed by atoms with Crippen LogP contribution in [0.4, 0.5) is 0 Å². The van der Waals surface area contributed by atoms with Crippen LogP contribution in [-0.2, 0) is 16.6 Å². The third kappa shape index (κ3) is 4.93. The molecule has 0 fully saturated rings. The van der Waals surface area contributed by atoms with Gasteiger partial charge in [0.05, 0.1) is 10.5 Å². The van der Waals surface area contributed by atoms with Crippen molar-refractivity contribution in [1.82, 2.24) is 5.32 Å². The third-order valence-electron chi connectivity index (χ3n) is 3.78. The SMILES string of the molecule is NS(=O)(=O)c1cccc(CNC(=O)c2ccccc2Oc2ccccc2)c1. The molecular formula is C20H18N2O4S. The molecule has 3 aromatic carbocycles. The molecule has 0 heterocycles. The molecule has 0 radical (unpaired) electrons. The van der Waals surface area contributed by atoms with Gasteiger partial charge in [-0.25, -0.2) is 13.6 Å². The van der Waals surface area contributed by atoms with E-state index in [0.717, 1.165) is 0 Å². The fraction of sp³-hybridized carbons (Fsp3) is 0.0500. The molecule has 6 nitrogen and oxygen atoms in total. The summed E-state index contributed by atoms with van der Waals surface area (Å²) in [5.41, 5.74) is 1.00. The van der Waals surface area contributed by atoms with E-state index in [4.69, 9.17) is 9.88 Å². The minimum absolute atomic E-state index is 0.00191. The molecule has 7 heteroatoms. The van der Waals surface area contributed by atoms with Crippen molar-refractivity contribution in [1.29, 1.82) is 0 Å². The average Bonchev–Trinajstić information content (AvgIpc) is 2.67. The number of hydrogen-bond acceptors (Lipinski definition) is 4. The summed E-state index contributed by atoms with van der Waals surface area (Å²) in [7, 11) is -3.79. The molecule has 0 saturated carbocycles. The van der Waals surface area contributed by atoms with Crippen LogP contribution in [-0.4, -0.2) is 14.3 Å². The number of hydrogen-bond donors (Lipinski definition) is 2. The third-order valence-corrected chi connectivity index (χ3v) is 4.69. The summed E-state index contributed by atoms with van der Waals surface area (Å²) in [6, 6.07) is 22.2. The Morgan fingerprint density at radius 2 is 1.63 bits per heavy atom. The van der Waals surface area contributed by atoms with Crippen LogP contribution >= 0.6 is 0 Å². The molecule has 0 bridgehead atoms. The van der Waals surface area contributed by atoms with Crippen molar-refractivity contribution in [3.8, 4) is 11.5 Å². The first-order valence-corrected chi connectivity index (χ1v) is 9.70. The van der Waals surface area contributed by atoms with Gasteiger partial charge in [0.25, 0.3) is 5.91 Å². The van der Waals surface area contributed by atoms with Crippen molar-refractivity contribution >= 4 is 15.9 Å². The van der Waals surface area contributed by atoms with Crippen molar-refractivity contribution in [2.24, 2.45) is 5.14 Å². The minimum atomic E-state index is -3.79. The summed E-state index contributed by atoms with van der Waals surface area (Å²) in [6.45, 7) is 0.155. The largest absolute Gasteiger partial charge is 0.457 e. The maximum Gasteiger partial charge on any atom is 0.255 e. The van der Waals surface area contributed by atoms with E-state index in [9.17, 15) is 13.2 Å². The zero-order chi connectivity index (χ0) is 19.3. The lowest BCUT2D eigenvalue weighted by Gasteiger charge is -2.12. The summed E-state index contributed by atoms with van der Waals surface area (Å²) in [5, 5.41) is 7.90. The summed E-state index contributed by atoms with van der Waals surface area (Å²) >= 11 is 0. The van der Waals surface area contributed by atoms with Gasteiger partial charge < -0.3 is 10.1 Å². The van der Waals surface area contributed by atoms with Gasteiger partial charge in [0.1, 0.15) is 11.5 Å². The average molecular weight is 382 g/mol. The highest BCUT2D eigenvalue weighted by atomic mass is 32.2. The van der Waals surface area contributed by atoms with Gasteiger partial charge >= 0.3 is 0 Å². The number of carbonyl (C=O) groups excluding carboxylic acids is 1. The molecule has 1 amide bonds. The van der Waals surface area contributed by atoms with E-state index in [1.807, 2.05) is 18.2 Å². The maximum absolute atomic E-state index is 12.6. The monoisotopic (exact) mass is 382 g/mol. The molecule has 0 aromatic heterocycles. The normalized spacial score (nSPS) is 11.0. The fourth-order valence-electron chi connectivity index (χ4n) is 2.47. The Bertz CT molecular complexity index is 1050. The number of amides is 1. The molecule has 0 aliphatic carbocycles. The number of primary sulfonamides is 1. The van der Waals surface area contributed by atoms with Crippen molar-refractivity contribution in [2.75, 3.05) is 0 Å². The quantitative estimate of drug-likeness (QED) is 0.684. The number of ether oxygens (including phenoxy) is 1. The van der Waals surface area contributed by atoms with Crippen LogP contribution in [0.25, 0.3) is 0 Å². The molecular weight excluding hydrogens is 364 g/mol. The van der Waals surface area contributed by atoms with Crippen LogP contribution in [0.15, 0.2) is 83.8 Å². The van der Waals surface area contributed by atoms with Crippen LogP contribution in [0.2, 0.25) is 0 Å². The zero-order valence-corrected chi connectivity index (χ0v) is 15.1. The zero-order valence-electron chi connectivity index (χ0n) is 14.3. The summed E-state index contributed by atoms with van der Waals surface area (Å²) in [6.07, 6.45) is 0. The first-order chi connectivity index (χ1) is 12.9. The predicted octanol–water partition coefficient (Wildman–Crippen LogP) is 3.06. The molecule has 0 unspecified atom stereocenters. The van der Waals surface area contributed by atoms with Crippen LogP contribution in [0.3, 0.4) is 0 Å². The molecule has 0 saturated heterocycles. The smallest absolute Gasteiger partial charge is 0.255 e. The lowest BCUT2D eigenvalue weighted by atomic mass is 10.1. The van der Waals surface area contributed by atoms with E-state index in [1.165, 1.54) is 12.1 Å². The van der Waals surface area contributed by atoms with Gasteiger partial charge in [-0.05, 0) is 42.0 Å². The van der Waals surface area contributed by atoms with Gasteiger partial charge in [0.2, 0.25) is 10.0 Å². The number of benzene rings is 3. The van der Waals surface area contributed by atoms with E-state index in [1.54, 1.807) is 48.5 Å². The molecule has 27 heavy (non-hydrogen) atoms. The standard InChI is InChI=1S/C20H18N2O4S/c21-27(24,25)17-10-6-7-15(13-17)14-22-20(23)18-11-4-5-12-19(18)26-16-8-2-1-3-9-16/h1-13H,14H2,(H,22,23)(H2,21,24,25). The highest BCUT2D eigenvalue weighted by molar-refractivity contribution is 7.89. The van der Waals surface area contributed by atoms with Crippen LogP contribution in [0, 0.1) is 0 Å². The van der Waals surface area contributed by atoms with Crippen molar-refractivity contribution in [2.45, 2.75) is 11.4 Å². The van der Waals surface area contributed by atoms with Crippen molar-refractivity contribution in [3.63, 3.8) is 0 Å². The van der Waals surface area contributed by atoms with Crippen molar-refractivity contribution < 1.29 is 17.9 Å². The Balaban J connectivity index is 1.74. The van der Waals surface area contributed by atoms with Gasteiger partial charge in [-0.3, -0.25) is 4.79 Å². The van der Waals surface area contributed by atoms with Crippen molar-refractivity contribution in [3.05, 3.63) is 90.0 Å². The topological polar surface area (TPSA) is 98.5 Å². The molecule has 138 valence electrons. The molecule has 0 spiro atoms. The van der Waals surface area contributed by atoms with Gasteiger partial charge in [0, 0.05) is 6.54 Å². The maximum atomic E-state index is 12.6. The van der Waals surface area contributed by atoms with Gasteiger partial charge in [-0.1, -0.05) is 42.5 Å². The second kappa shape index (κ2) is 8.03. The number of para-hydroxylation sites is 2. The van der Waals surface area contributed by atoms with Crippen LogP contribution < -0.4 is 15.2 Å². The first kappa shape index (κ1) is 18.6. The second-order valence-corrected chi connectivity index (χ2v) is 7.35. The van der Waals surface area contributed by atoms with E-state index in [-0.39, 0.29) is 17.3 Å². The van der Waals surface area contributed by atoms with E-state index >= 15 is 0 Å². The summed E-state index contributed by atoms with van der Waals surface area (Å²) in [5.74, 6) is 0.723. The summed E-state index contributed by atoms with van der Waals surface area (Å²) in [4.78, 5) is 12.6. The Morgan fingerprint density at radius 1 is 0.926 bits per heavy atom. The Labute approximate surface area is 157 Å². The van der Waals surface area contributed by atoms with Crippen LogP contribution in [0.1, 0.15) is 15.9 Å². The molecule has 3 N–H and O–H groups in total. The van der Waals surface area contributed by atoms with Gasteiger partial charge in [-0.15, -0.1) is 0 Å². The van der Waals surface area contributed by atoms with E-state index in [2.05, 4.69) is 5.32 Å². The second-order valence-electron chi connectivity index (χ2n) is 5.79. The van der Waals surface area contributed by atoms with Crippen LogP contribution in [0.5, 0.6) is 11.5 Å². The van der Waals surface area contributed by atoms with E-state index < -0.39 is 10.0 Å². The lowest BCUT2D eigenvalue weighted by Crippen LogP contribution is -2.23. The number of nitrogens with one attached hydrogen (secondary N) is 1. The highest BCUT2D eigenvalue weighted by Gasteiger charge is 2.13. The number of rotatable bonds is 6. The molecule has 3 aromatic rings.